The monoisotopic (exact) mass is 356 g/mol. The number of amides is 2. The fourth-order valence-corrected chi connectivity index (χ4v) is 3.82. The molecule has 1 aromatic rings. The molecule has 2 aliphatic rings. The maximum Gasteiger partial charge on any atom is 0.317 e. The van der Waals surface area contributed by atoms with Gasteiger partial charge >= 0.3 is 6.03 Å². The molecule has 0 bridgehead atoms. The number of piperazine rings is 1. The Bertz CT molecular complexity index is 581. The van der Waals surface area contributed by atoms with Gasteiger partial charge in [0.2, 0.25) is 0 Å². The van der Waals surface area contributed by atoms with E-state index in [-0.39, 0.29) is 6.03 Å². The van der Waals surface area contributed by atoms with E-state index in [9.17, 15) is 4.79 Å². The van der Waals surface area contributed by atoms with E-state index in [1.807, 2.05) is 11.0 Å². The van der Waals surface area contributed by atoms with E-state index in [4.69, 9.17) is 0 Å². The van der Waals surface area contributed by atoms with Gasteiger partial charge in [-0.25, -0.2) is 4.79 Å². The van der Waals surface area contributed by atoms with E-state index in [0.29, 0.717) is 5.92 Å². The summed E-state index contributed by atoms with van der Waals surface area (Å²) < 4.78 is 0. The summed E-state index contributed by atoms with van der Waals surface area (Å²) in [5.74, 6) is 0.599. The van der Waals surface area contributed by atoms with Gasteiger partial charge in [0.05, 0.1) is 0 Å². The van der Waals surface area contributed by atoms with Gasteiger partial charge in [-0.15, -0.1) is 0 Å². The van der Waals surface area contributed by atoms with E-state index in [1.165, 1.54) is 24.9 Å². The lowest BCUT2D eigenvalue weighted by atomic mass is 9.99. The Morgan fingerprint density at radius 3 is 2.65 bits per heavy atom. The maximum atomic E-state index is 12.4. The largest absolute Gasteiger partial charge is 0.338 e. The van der Waals surface area contributed by atoms with Crippen molar-refractivity contribution in [1.29, 1.82) is 0 Å². The predicted octanol–water partition coefficient (Wildman–Crippen LogP) is 2.37. The normalized spacial score (nSPS) is 22.7. The number of likely N-dealkylation sites (tertiary alicyclic amines) is 1. The third-order valence-electron chi connectivity index (χ3n) is 5.40. The van der Waals surface area contributed by atoms with E-state index in [2.05, 4.69) is 58.6 Å². The summed E-state index contributed by atoms with van der Waals surface area (Å²) >= 11 is 0. The van der Waals surface area contributed by atoms with Gasteiger partial charge in [0.15, 0.2) is 0 Å². The number of carbonyl (C=O) groups is 1. The smallest absolute Gasteiger partial charge is 0.317 e. The molecule has 0 aliphatic carbocycles. The summed E-state index contributed by atoms with van der Waals surface area (Å²) in [7, 11) is 2.17. The van der Waals surface area contributed by atoms with Crippen LogP contribution in [0.3, 0.4) is 0 Å². The minimum absolute atomic E-state index is 0.109. The van der Waals surface area contributed by atoms with Crippen molar-refractivity contribution >= 4 is 12.1 Å². The Labute approximate surface area is 157 Å². The van der Waals surface area contributed by atoms with Crippen LogP contribution in [0.25, 0.3) is 6.08 Å². The van der Waals surface area contributed by atoms with Crippen molar-refractivity contribution < 1.29 is 4.79 Å². The molecule has 5 nitrogen and oxygen atoms in total. The summed E-state index contributed by atoms with van der Waals surface area (Å²) in [5, 5.41) is 3.15. The van der Waals surface area contributed by atoms with E-state index in [1.54, 1.807) is 0 Å². The lowest BCUT2D eigenvalue weighted by Gasteiger charge is -2.35. The highest BCUT2D eigenvalue weighted by Crippen LogP contribution is 2.14. The van der Waals surface area contributed by atoms with Crippen LogP contribution in [0.1, 0.15) is 18.4 Å². The second-order valence-electron chi connectivity index (χ2n) is 7.56. The number of urea groups is 1. The van der Waals surface area contributed by atoms with Crippen molar-refractivity contribution in [3.63, 3.8) is 0 Å². The number of hydrogen-bond acceptors (Lipinski definition) is 3. The highest BCUT2D eigenvalue weighted by molar-refractivity contribution is 5.74. The number of nitrogens with one attached hydrogen (secondary N) is 1. The average molecular weight is 357 g/mol. The first-order valence-corrected chi connectivity index (χ1v) is 9.86. The number of nitrogens with zero attached hydrogens (tertiary/aromatic N) is 3. The SMILES string of the molecule is CN1CCCC(CNC(=O)N2CCN(C/C=C/c3ccccc3)CC2)C1. The molecule has 2 fully saturated rings. The number of benzene rings is 1. The van der Waals surface area contributed by atoms with Crippen molar-refractivity contribution in [3.8, 4) is 0 Å². The zero-order valence-corrected chi connectivity index (χ0v) is 15.9. The molecule has 0 saturated carbocycles. The Balaban J connectivity index is 1.34. The van der Waals surface area contributed by atoms with Crippen molar-refractivity contribution in [3.05, 3.63) is 42.0 Å². The zero-order valence-electron chi connectivity index (χ0n) is 15.9. The van der Waals surface area contributed by atoms with Crippen LogP contribution in [0.4, 0.5) is 4.79 Å². The van der Waals surface area contributed by atoms with Gasteiger partial charge in [-0.1, -0.05) is 42.5 Å². The Morgan fingerprint density at radius 1 is 1.15 bits per heavy atom. The van der Waals surface area contributed by atoms with Crippen LogP contribution >= 0.6 is 0 Å². The molecule has 1 N–H and O–H groups in total. The van der Waals surface area contributed by atoms with Crippen molar-refractivity contribution in [2.24, 2.45) is 5.92 Å². The fraction of sp³-hybridized carbons (Fsp3) is 0.571. The van der Waals surface area contributed by atoms with Crippen LogP contribution in [0, 0.1) is 5.92 Å². The third kappa shape index (κ3) is 5.85. The van der Waals surface area contributed by atoms with Gasteiger partial charge in [0.1, 0.15) is 0 Å². The van der Waals surface area contributed by atoms with Crippen LogP contribution in [-0.4, -0.2) is 80.1 Å². The van der Waals surface area contributed by atoms with Crippen LogP contribution in [0.2, 0.25) is 0 Å². The number of piperidine rings is 1. The van der Waals surface area contributed by atoms with E-state index in [0.717, 1.165) is 45.8 Å². The topological polar surface area (TPSA) is 38.8 Å². The van der Waals surface area contributed by atoms with Crippen molar-refractivity contribution in [2.45, 2.75) is 12.8 Å². The second kappa shape index (κ2) is 9.74. The molecular formula is C21H32N4O. The Morgan fingerprint density at radius 2 is 1.92 bits per heavy atom. The molecule has 2 amide bonds. The summed E-state index contributed by atoms with van der Waals surface area (Å²) in [6.45, 7) is 7.55. The third-order valence-corrected chi connectivity index (χ3v) is 5.40. The minimum atomic E-state index is 0.109. The predicted molar refractivity (Wildman–Crippen MR) is 107 cm³/mol. The fourth-order valence-electron chi connectivity index (χ4n) is 3.82. The summed E-state index contributed by atoms with van der Waals surface area (Å²) in [5.41, 5.74) is 1.24. The molecule has 0 aromatic heterocycles. The van der Waals surface area contributed by atoms with E-state index >= 15 is 0 Å². The van der Waals surface area contributed by atoms with E-state index < -0.39 is 0 Å². The number of hydrogen-bond donors (Lipinski definition) is 1. The van der Waals surface area contributed by atoms with Crippen molar-refractivity contribution in [2.75, 3.05) is 59.4 Å². The van der Waals surface area contributed by atoms with Crippen LogP contribution < -0.4 is 5.32 Å². The van der Waals surface area contributed by atoms with Crippen LogP contribution in [0.5, 0.6) is 0 Å². The number of rotatable bonds is 5. The molecule has 3 rings (SSSR count). The molecule has 0 radical (unpaired) electrons. The first-order valence-electron chi connectivity index (χ1n) is 9.86. The summed E-state index contributed by atoms with van der Waals surface area (Å²) in [4.78, 5) is 19.1. The Hall–Kier alpha value is -1.85. The zero-order chi connectivity index (χ0) is 18.2. The van der Waals surface area contributed by atoms with Gasteiger partial charge in [0.25, 0.3) is 0 Å². The lowest BCUT2D eigenvalue weighted by molar-refractivity contribution is 0.143. The van der Waals surface area contributed by atoms with Gasteiger partial charge in [0, 0.05) is 45.8 Å². The lowest BCUT2D eigenvalue weighted by Crippen LogP contribution is -2.52. The highest BCUT2D eigenvalue weighted by atomic mass is 16.2. The molecule has 2 heterocycles. The Kier molecular flexibility index (Phi) is 7.09. The second-order valence-corrected chi connectivity index (χ2v) is 7.56. The molecule has 26 heavy (non-hydrogen) atoms. The molecular weight excluding hydrogens is 324 g/mol. The molecule has 5 heteroatoms. The van der Waals surface area contributed by atoms with Gasteiger partial charge in [-0.3, -0.25) is 4.90 Å². The van der Waals surface area contributed by atoms with Gasteiger partial charge in [-0.05, 0) is 37.9 Å². The number of carbonyl (C=O) groups excluding carboxylic acids is 1. The van der Waals surface area contributed by atoms with Gasteiger partial charge in [-0.2, -0.15) is 0 Å². The maximum absolute atomic E-state index is 12.4. The summed E-state index contributed by atoms with van der Waals surface area (Å²) in [6.07, 6.45) is 6.85. The van der Waals surface area contributed by atoms with Crippen LogP contribution in [-0.2, 0) is 0 Å². The van der Waals surface area contributed by atoms with Gasteiger partial charge < -0.3 is 15.1 Å². The first kappa shape index (κ1) is 18.9. The highest BCUT2D eigenvalue weighted by Gasteiger charge is 2.22. The molecule has 142 valence electrons. The summed E-state index contributed by atoms with van der Waals surface area (Å²) in [6, 6.07) is 10.5. The standard InChI is InChI=1S/C21H32N4O/c1-23-11-5-10-20(18-23)17-22-21(26)25-15-13-24(14-16-25)12-6-9-19-7-3-2-4-8-19/h2-4,6-9,20H,5,10-18H2,1H3,(H,22,26)/b9-6+. The first-order chi connectivity index (χ1) is 12.7. The molecule has 1 aromatic carbocycles. The molecule has 1 atom stereocenters. The quantitative estimate of drug-likeness (QED) is 0.880. The average Bonchev–Trinajstić information content (AvgIpc) is 2.68. The molecule has 1 unspecified atom stereocenters. The molecule has 2 saturated heterocycles. The molecule has 2 aliphatic heterocycles. The van der Waals surface area contributed by atoms with Crippen LogP contribution in [0.15, 0.2) is 36.4 Å². The van der Waals surface area contributed by atoms with Crippen molar-refractivity contribution in [1.82, 2.24) is 20.0 Å². The molecule has 0 spiro atoms. The minimum Gasteiger partial charge on any atom is -0.338 e.